The zero-order valence-electron chi connectivity index (χ0n) is 15.1. The Morgan fingerprint density at radius 3 is 2.42 bits per heavy atom. The van der Waals surface area contributed by atoms with Crippen molar-refractivity contribution in [2.24, 2.45) is 0 Å². The fraction of sp³-hybridized carbons (Fsp3) is 0.250. The van der Waals surface area contributed by atoms with E-state index < -0.39 is 0 Å². The SMILES string of the molecule is CCN(CC)C(=O)c1nn(-c2cccc(OC)c2)c(=O)c2ccccc12. The van der Waals surface area contributed by atoms with Crippen molar-refractivity contribution < 1.29 is 9.53 Å². The monoisotopic (exact) mass is 351 g/mol. The van der Waals surface area contributed by atoms with E-state index in [1.54, 1.807) is 60.5 Å². The van der Waals surface area contributed by atoms with Gasteiger partial charge in [-0.05, 0) is 32.0 Å². The van der Waals surface area contributed by atoms with E-state index in [0.717, 1.165) is 0 Å². The molecule has 1 amide bonds. The van der Waals surface area contributed by atoms with Crippen LogP contribution < -0.4 is 10.3 Å². The van der Waals surface area contributed by atoms with E-state index in [0.29, 0.717) is 35.3 Å². The molecule has 0 aliphatic rings. The van der Waals surface area contributed by atoms with Gasteiger partial charge in [-0.1, -0.05) is 24.3 Å². The molecular weight excluding hydrogens is 330 g/mol. The summed E-state index contributed by atoms with van der Waals surface area (Å²) in [5.41, 5.74) is 0.547. The number of rotatable bonds is 5. The number of methoxy groups -OCH3 is 1. The van der Waals surface area contributed by atoms with E-state index in [-0.39, 0.29) is 17.2 Å². The number of aromatic nitrogens is 2. The summed E-state index contributed by atoms with van der Waals surface area (Å²) >= 11 is 0. The topological polar surface area (TPSA) is 64.4 Å². The molecule has 0 unspecified atom stereocenters. The third kappa shape index (κ3) is 3.06. The Morgan fingerprint density at radius 1 is 1.08 bits per heavy atom. The summed E-state index contributed by atoms with van der Waals surface area (Å²) in [5, 5.41) is 5.44. The molecule has 3 rings (SSSR count). The van der Waals surface area contributed by atoms with Crippen LogP contribution >= 0.6 is 0 Å². The van der Waals surface area contributed by atoms with Gasteiger partial charge in [-0.2, -0.15) is 9.78 Å². The van der Waals surface area contributed by atoms with Crippen LogP contribution in [0.1, 0.15) is 24.3 Å². The van der Waals surface area contributed by atoms with Crippen molar-refractivity contribution in [3.63, 3.8) is 0 Å². The van der Waals surface area contributed by atoms with Gasteiger partial charge in [0.05, 0.1) is 18.2 Å². The second-order valence-corrected chi connectivity index (χ2v) is 5.79. The van der Waals surface area contributed by atoms with Gasteiger partial charge in [0.15, 0.2) is 5.69 Å². The maximum Gasteiger partial charge on any atom is 0.279 e. The van der Waals surface area contributed by atoms with Crippen molar-refractivity contribution >= 4 is 16.7 Å². The number of hydrogen-bond donors (Lipinski definition) is 0. The summed E-state index contributed by atoms with van der Waals surface area (Å²) in [6.07, 6.45) is 0. The third-order valence-electron chi connectivity index (χ3n) is 4.36. The molecule has 3 aromatic rings. The first-order valence-corrected chi connectivity index (χ1v) is 8.56. The molecule has 6 heteroatoms. The second-order valence-electron chi connectivity index (χ2n) is 5.79. The van der Waals surface area contributed by atoms with E-state index in [2.05, 4.69) is 5.10 Å². The average Bonchev–Trinajstić information content (AvgIpc) is 2.69. The lowest BCUT2D eigenvalue weighted by atomic mass is 10.1. The summed E-state index contributed by atoms with van der Waals surface area (Å²) in [6, 6.07) is 14.1. The van der Waals surface area contributed by atoms with E-state index in [1.165, 1.54) is 4.68 Å². The quantitative estimate of drug-likeness (QED) is 0.709. The Balaban J connectivity index is 2.30. The Labute approximate surface area is 151 Å². The minimum absolute atomic E-state index is 0.192. The van der Waals surface area contributed by atoms with Gasteiger partial charge in [-0.3, -0.25) is 9.59 Å². The van der Waals surface area contributed by atoms with Crippen molar-refractivity contribution in [3.05, 3.63) is 64.6 Å². The maximum absolute atomic E-state index is 13.0. The van der Waals surface area contributed by atoms with Crippen LogP contribution in [0.3, 0.4) is 0 Å². The van der Waals surface area contributed by atoms with Crippen molar-refractivity contribution in [2.75, 3.05) is 20.2 Å². The molecular formula is C20H21N3O3. The molecule has 0 spiro atoms. The number of hydrogen-bond acceptors (Lipinski definition) is 4. The molecule has 0 radical (unpaired) electrons. The van der Waals surface area contributed by atoms with Gasteiger partial charge in [-0.15, -0.1) is 0 Å². The summed E-state index contributed by atoms with van der Waals surface area (Å²) in [7, 11) is 1.56. The lowest BCUT2D eigenvalue weighted by Gasteiger charge is -2.19. The first-order valence-electron chi connectivity index (χ1n) is 8.56. The third-order valence-corrected chi connectivity index (χ3v) is 4.36. The van der Waals surface area contributed by atoms with Gasteiger partial charge in [0.1, 0.15) is 5.75 Å². The number of amides is 1. The summed E-state index contributed by atoms with van der Waals surface area (Å²) < 4.78 is 6.50. The highest BCUT2D eigenvalue weighted by molar-refractivity contribution is 6.04. The van der Waals surface area contributed by atoms with E-state index in [4.69, 9.17) is 4.74 Å². The first-order chi connectivity index (χ1) is 12.6. The van der Waals surface area contributed by atoms with E-state index in [9.17, 15) is 9.59 Å². The maximum atomic E-state index is 13.0. The Hall–Kier alpha value is -3.15. The summed E-state index contributed by atoms with van der Waals surface area (Å²) in [4.78, 5) is 27.6. The first kappa shape index (κ1) is 17.7. The van der Waals surface area contributed by atoms with Gasteiger partial charge in [0.2, 0.25) is 0 Å². The van der Waals surface area contributed by atoms with Crippen LogP contribution in [0.25, 0.3) is 16.5 Å². The van der Waals surface area contributed by atoms with Gasteiger partial charge in [-0.25, -0.2) is 0 Å². The average molecular weight is 351 g/mol. The van der Waals surface area contributed by atoms with Gasteiger partial charge in [0.25, 0.3) is 11.5 Å². The van der Waals surface area contributed by atoms with Crippen LogP contribution in [0.4, 0.5) is 0 Å². The van der Waals surface area contributed by atoms with Crippen molar-refractivity contribution in [2.45, 2.75) is 13.8 Å². The zero-order valence-corrected chi connectivity index (χ0v) is 15.1. The van der Waals surface area contributed by atoms with Crippen LogP contribution in [0.5, 0.6) is 5.75 Å². The Morgan fingerprint density at radius 2 is 1.77 bits per heavy atom. The van der Waals surface area contributed by atoms with Gasteiger partial charge >= 0.3 is 0 Å². The Kier molecular flexibility index (Phi) is 5.02. The predicted molar refractivity (Wildman–Crippen MR) is 101 cm³/mol. The molecule has 134 valence electrons. The molecule has 6 nitrogen and oxygen atoms in total. The highest BCUT2D eigenvalue weighted by atomic mass is 16.5. The van der Waals surface area contributed by atoms with Crippen molar-refractivity contribution in [1.82, 2.24) is 14.7 Å². The molecule has 1 heterocycles. The molecule has 0 fully saturated rings. The van der Waals surface area contributed by atoms with Crippen LogP contribution in [-0.4, -0.2) is 40.8 Å². The second kappa shape index (κ2) is 7.39. The fourth-order valence-corrected chi connectivity index (χ4v) is 2.93. The highest BCUT2D eigenvalue weighted by Crippen LogP contribution is 2.19. The highest BCUT2D eigenvalue weighted by Gasteiger charge is 2.21. The molecule has 0 atom stereocenters. The molecule has 0 saturated heterocycles. The number of ether oxygens (including phenoxy) is 1. The molecule has 26 heavy (non-hydrogen) atoms. The number of carbonyl (C=O) groups excluding carboxylic acids is 1. The molecule has 0 aliphatic heterocycles. The largest absolute Gasteiger partial charge is 0.497 e. The van der Waals surface area contributed by atoms with Crippen molar-refractivity contribution in [1.29, 1.82) is 0 Å². The number of nitrogens with zero attached hydrogens (tertiary/aromatic N) is 3. The van der Waals surface area contributed by atoms with Crippen LogP contribution in [0.2, 0.25) is 0 Å². The fourth-order valence-electron chi connectivity index (χ4n) is 2.93. The number of carbonyl (C=O) groups is 1. The van der Waals surface area contributed by atoms with E-state index in [1.807, 2.05) is 13.8 Å². The molecule has 1 aromatic heterocycles. The molecule has 0 aliphatic carbocycles. The minimum Gasteiger partial charge on any atom is -0.497 e. The van der Waals surface area contributed by atoms with Gasteiger partial charge in [0, 0.05) is 24.5 Å². The van der Waals surface area contributed by atoms with E-state index >= 15 is 0 Å². The zero-order chi connectivity index (χ0) is 18.7. The lowest BCUT2D eigenvalue weighted by Crippen LogP contribution is -2.34. The lowest BCUT2D eigenvalue weighted by molar-refractivity contribution is 0.0767. The molecule has 0 N–H and O–H groups in total. The summed E-state index contributed by atoms with van der Waals surface area (Å²) in [5.74, 6) is 0.420. The molecule has 0 saturated carbocycles. The van der Waals surface area contributed by atoms with Crippen molar-refractivity contribution in [3.8, 4) is 11.4 Å². The van der Waals surface area contributed by atoms with Crippen LogP contribution in [0.15, 0.2) is 53.3 Å². The van der Waals surface area contributed by atoms with Crippen LogP contribution in [-0.2, 0) is 0 Å². The number of benzene rings is 2. The standard InChI is InChI=1S/C20H21N3O3/c1-4-22(5-2)20(25)18-16-11-6-7-12-17(16)19(24)23(21-18)14-9-8-10-15(13-14)26-3/h6-13H,4-5H2,1-3H3. The molecule has 2 aromatic carbocycles. The number of fused-ring (bicyclic) bond motifs is 1. The van der Waals surface area contributed by atoms with Crippen LogP contribution in [0, 0.1) is 0 Å². The minimum atomic E-state index is -0.273. The Bertz CT molecular complexity index is 1010. The predicted octanol–water partition coefficient (Wildman–Crippen LogP) is 2.88. The summed E-state index contributed by atoms with van der Waals surface area (Å²) in [6.45, 7) is 4.98. The molecule has 0 bridgehead atoms. The normalized spacial score (nSPS) is 10.7. The van der Waals surface area contributed by atoms with Gasteiger partial charge < -0.3 is 9.64 Å². The smallest absolute Gasteiger partial charge is 0.279 e.